The minimum atomic E-state index is -0.498. The number of hydrogen-bond donors (Lipinski definition) is 1. The third-order valence-corrected chi connectivity index (χ3v) is 3.06. The van der Waals surface area contributed by atoms with Crippen molar-refractivity contribution in [2.45, 2.75) is 45.8 Å². The Labute approximate surface area is 119 Å². The summed E-state index contributed by atoms with van der Waals surface area (Å²) in [5.74, 6) is 0.595. The van der Waals surface area contributed by atoms with Gasteiger partial charge in [-0.3, -0.25) is 10.00 Å². The molecule has 1 N–H and O–H groups in total. The van der Waals surface area contributed by atoms with Crippen LogP contribution in [0.1, 0.15) is 33.6 Å². The molecule has 0 radical (unpaired) electrons. The van der Waals surface area contributed by atoms with E-state index in [4.69, 9.17) is 9.47 Å². The van der Waals surface area contributed by atoms with Crippen LogP contribution in [-0.4, -0.2) is 34.7 Å². The predicted molar refractivity (Wildman–Crippen MR) is 75.6 cm³/mol. The van der Waals surface area contributed by atoms with Gasteiger partial charge in [0.25, 0.3) is 0 Å². The molecule has 1 aromatic rings. The summed E-state index contributed by atoms with van der Waals surface area (Å²) < 4.78 is 12.4. The minimum Gasteiger partial charge on any atom is -0.444 e. The van der Waals surface area contributed by atoms with E-state index in [1.807, 2.05) is 31.6 Å². The Balaban J connectivity index is 1.84. The highest BCUT2D eigenvalue weighted by atomic mass is 16.6. The first-order valence-corrected chi connectivity index (χ1v) is 7.02. The van der Waals surface area contributed by atoms with Gasteiger partial charge in [-0.1, -0.05) is 0 Å². The van der Waals surface area contributed by atoms with E-state index in [0.717, 1.165) is 32.6 Å². The fourth-order valence-electron chi connectivity index (χ4n) is 2.14. The molecule has 0 saturated carbocycles. The molecule has 2 rings (SSSR count). The third kappa shape index (κ3) is 4.85. The summed E-state index contributed by atoms with van der Waals surface area (Å²) in [6.45, 7) is 8.02. The molecule has 0 aliphatic carbocycles. The number of ether oxygens (including phenoxy) is 2. The van der Waals surface area contributed by atoms with Crippen molar-refractivity contribution >= 4 is 11.8 Å². The first-order valence-electron chi connectivity index (χ1n) is 7.02. The van der Waals surface area contributed by atoms with Crippen LogP contribution in [0.3, 0.4) is 0 Å². The average molecular weight is 281 g/mol. The molecule has 0 spiro atoms. The van der Waals surface area contributed by atoms with Gasteiger partial charge in [-0.15, -0.1) is 0 Å². The van der Waals surface area contributed by atoms with E-state index in [-0.39, 0.29) is 0 Å². The minimum absolute atomic E-state index is 0.455. The molecule has 1 amide bonds. The zero-order valence-corrected chi connectivity index (χ0v) is 12.4. The van der Waals surface area contributed by atoms with Crippen LogP contribution in [0.4, 0.5) is 10.5 Å². The number of nitrogens with zero attached hydrogens (tertiary/aromatic N) is 2. The molecule has 6 heteroatoms. The third-order valence-electron chi connectivity index (χ3n) is 3.06. The molecule has 1 saturated heterocycles. The molecule has 1 aliphatic rings. The van der Waals surface area contributed by atoms with E-state index < -0.39 is 11.7 Å². The highest BCUT2D eigenvalue weighted by Gasteiger charge is 2.18. The van der Waals surface area contributed by atoms with E-state index in [9.17, 15) is 4.79 Å². The summed E-state index contributed by atoms with van der Waals surface area (Å²) in [7, 11) is 0. The van der Waals surface area contributed by atoms with Crippen molar-refractivity contribution in [2.24, 2.45) is 5.92 Å². The van der Waals surface area contributed by atoms with Crippen LogP contribution in [0.5, 0.6) is 0 Å². The maximum Gasteiger partial charge on any atom is 0.412 e. The van der Waals surface area contributed by atoms with Crippen molar-refractivity contribution < 1.29 is 14.3 Å². The molecule has 6 nitrogen and oxygen atoms in total. The van der Waals surface area contributed by atoms with Gasteiger partial charge >= 0.3 is 6.09 Å². The van der Waals surface area contributed by atoms with Crippen molar-refractivity contribution in [1.82, 2.24) is 9.78 Å². The van der Waals surface area contributed by atoms with Crippen LogP contribution in [0.25, 0.3) is 0 Å². The van der Waals surface area contributed by atoms with Crippen molar-refractivity contribution in [1.29, 1.82) is 0 Å². The summed E-state index contributed by atoms with van der Waals surface area (Å²) >= 11 is 0. The normalized spacial score (nSPS) is 16.9. The zero-order valence-electron chi connectivity index (χ0n) is 12.4. The van der Waals surface area contributed by atoms with E-state index in [1.54, 1.807) is 6.20 Å². The smallest absolute Gasteiger partial charge is 0.412 e. The number of aromatic nitrogens is 2. The van der Waals surface area contributed by atoms with E-state index in [2.05, 4.69) is 10.4 Å². The van der Waals surface area contributed by atoms with Crippen LogP contribution in [0.2, 0.25) is 0 Å². The monoisotopic (exact) mass is 281 g/mol. The number of anilines is 1. The second-order valence-corrected chi connectivity index (χ2v) is 6.13. The van der Waals surface area contributed by atoms with E-state index >= 15 is 0 Å². The van der Waals surface area contributed by atoms with Gasteiger partial charge in [0, 0.05) is 26.0 Å². The van der Waals surface area contributed by atoms with Crippen molar-refractivity contribution in [3.63, 3.8) is 0 Å². The fourth-order valence-corrected chi connectivity index (χ4v) is 2.14. The molecular formula is C14H23N3O3. The number of carbonyl (C=O) groups is 1. The summed E-state index contributed by atoms with van der Waals surface area (Å²) in [6, 6.07) is 0. The zero-order chi connectivity index (χ0) is 14.6. The molecule has 0 unspecified atom stereocenters. The Kier molecular flexibility index (Phi) is 4.65. The highest BCUT2D eigenvalue weighted by Crippen LogP contribution is 2.18. The topological polar surface area (TPSA) is 65.4 Å². The van der Waals surface area contributed by atoms with Gasteiger partial charge in [-0.25, -0.2) is 4.79 Å². The van der Waals surface area contributed by atoms with Gasteiger partial charge in [0.15, 0.2) is 0 Å². The van der Waals surface area contributed by atoms with Crippen molar-refractivity contribution in [3.05, 3.63) is 12.4 Å². The number of carbonyl (C=O) groups excluding carboxylic acids is 1. The van der Waals surface area contributed by atoms with Crippen LogP contribution in [-0.2, 0) is 16.0 Å². The Morgan fingerprint density at radius 1 is 1.50 bits per heavy atom. The van der Waals surface area contributed by atoms with Crippen LogP contribution in [0.15, 0.2) is 12.4 Å². The SMILES string of the molecule is CC(C)(C)OC(=O)Nc1cnn(CC2CCOCC2)c1. The molecule has 0 aromatic carbocycles. The lowest BCUT2D eigenvalue weighted by molar-refractivity contribution is 0.0601. The summed E-state index contributed by atoms with van der Waals surface area (Å²) in [5, 5.41) is 6.95. The number of nitrogens with one attached hydrogen (secondary N) is 1. The van der Waals surface area contributed by atoms with Crippen molar-refractivity contribution in [3.8, 4) is 0 Å². The highest BCUT2D eigenvalue weighted by molar-refractivity contribution is 5.84. The number of rotatable bonds is 3. The Morgan fingerprint density at radius 3 is 2.85 bits per heavy atom. The first-order chi connectivity index (χ1) is 9.42. The summed E-state index contributed by atoms with van der Waals surface area (Å²) in [5.41, 5.74) is 0.161. The largest absolute Gasteiger partial charge is 0.444 e. The molecule has 2 heterocycles. The molecule has 0 bridgehead atoms. The summed E-state index contributed by atoms with van der Waals surface area (Å²) in [4.78, 5) is 11.6. The second-order valence-electron chi connectivity index (χ2n) is 6.13. The van der Waals surface area contributed by atoms with E-state index in [1.165, 1.54) is 0 Å². The summed E-state index contributed by atoms with van der Waals surface area (Å²) in [6.07, 6.45) is 5.15. The predicted octanol–water partition coefficient (Wildman–Crippen LogP) is 2.66. The maximum atomic E-state index is 11.6. The molecule has 1 fully saturated rings. The molecule has 112 valence electrons. The Bertz CT molecular complexity index is 445. The first kappa shape index (κ1) is 14.8. The second kappa shape index (κ2) is 6.26. The van der Waals surface area contributed by atoms with Gasteiger partial charge in [-0.05, 0) is 39.5 Å². The van der Waals surface area contributed by atoms with Gasteiger partial charge in [-0.2, -0.15) is 5.10 Å². The van der Waals surface area contributed by atoms with Gasteiger partial charge < -0.3 is 9.47 Å². The molecule has 1 aromatic heterocycles. The maximum absolute atomic E-state index is 11.6. The lowest BCUT2D eigenvalue weighted by Crippen LogP contribution is -2.27. The van der Waals surface area contributed by atoms with Crippen LogP contribution >= 0.6 is 0 Å². The lowest BCUT2D eigenvalue weighted by atomic mass is 10.0. The average Bonchev–Trinajstić information content (AvgIpc) is 2.75. The lowest BCUT2D eigenvalue weighted by Gasteiger charge is -2.21. The number of amides is 1. The molecule has 0 atom stereocenters. The Morgan fingerprint density at radius 2 is 2.20 bits per heavy atom. The van der Waals surface area contributed by atoms with Gasteiger partial charge in [0.1, 0.15) is 5.60 Å². The van der Waals surface area contributed by atoms with Crippen molar-refractivity contribution in [2.75, 3.05) is 18.5 Å². The molecular weight excluding hydrogens is 258 g/mol. The quantitative estimate of drug-likeness (QED) is 0.925. The van der Waals surface area contributed by atoms with Gasteiger partial charge in [0.2, 0.25) is 0 Å². The van der Waals surface area contributed by atoms with Crippen LogP contribution in [0, 0.1) is 5.92 Å². The van der Waals surface area contributed by atoms with E-state index in [0.29, 0.717) is 11.6 Å². The number of hydrogen-bond acceptors (Lipinski definition) is 4. The van der Waals surface area contributed by atoms with Crippen LogP contribution < -0.4 is 5.32 Å². The molecule has 1 aliphatic heterocycles. The molecule has 20 heavy (non-hydrogen) atoms. The Hall–Kier alpha value is -1.56. The standard InChI is InChI=1S/C14H23N3O3/c1-14(2,3)20-13(18)16-12-8-15-17(10-12)9-11-4-6-19-7-5-11/h8,10-11H,4-7,9H2,1-3H3,(H,16,18). The fraction of sp³-hybridized carbons (Fsp3) is 0.714. The van der Waals surface area contributed by atoms with Gasteiger partial charge in [0.05, 0.1) is 11.9 Å².